The van der Waals surface area contributed by atoms with Crippen LogP contribution in [0.4, 0.5) is 11.4 Å². The molecule has 0 aliphatic carbocycles. The van der Waals surface area contributed by atoms with Crippen LogP contribution in [0.5, 0.6) is 0 Å². The molecule has 2 amide bonds. The number of hydrogen-bond donors (Lipinski definition) is 2. The minimum atomic E-state index is -0.172. The zero-order valence-corrected chi connectivity index (χ0v) is 20.3. The molecule has 0 atom stereocenters. The molecule has 0 fully saturated rings. The van der Waals surface area contributed by atoms with Crippen molar-refractivity contribution in [3.63, 3.8) is 0 Å². The van der Waals surface area contributed by atoms with Gasteiger partial charge in [-0.2, -0.15) is 0 Å². The second-order valence-corrected chi connectivity index (χ2v) is 8.88. The van der Waals surface area contributed by atoms with Gasteiger partial charge < -0.3 is 15.2 Å². The molecule has 2 N–H and O–H groups in total. The molecule has 7 nitrogen and oxygen atoms in total. The van der Waals surface area contributed by atoms with E-state index in [4.69, 9.17) is 0 Å². The van der Waals surface area contributed by atoms with E-state index < -0.39 is 0 Å². The van der Waals surface area contributed by atoms with Crippen LogP contribution in [0, 0.1) is 0 Å². The van der Waals surface area contributed by atoms with Gasteiger partial charge in [0.2, 0.25) is 11.8 Å². The van der Waals surface area contributed by atoms with Crippen molar-refractivity contribution >= 4 is 45.7 Å². The van der Waals surface area contributed by atoms with Crippen LogP contribution in [0.1, 0.15) is 18.3 Å². The SMILES string of the molecule is C=CCn1c(CC(=O)Nc2ccccc2CC)nnc1SCC(=O)Nc1ccc2ccccc2c1. The lowest BCUT2D eigenvalue weighted by Gasteiger charge is -2.11. The Balaban J connectivity index is 1.38. The van der Waals surface area contributed by atoms with Crippen LogP contribution in [-0.2, 0) is 29.0 Å². The van der Waals surface area contributed by atoms with E-state index in [1.54, 1.807) is 6.08 Å². The minimum absolute atomic E-state index is 0.0722. The Morgan fingerprint density at radius 3 is 2.54 bits per heavy atom. The van der Waals surface area contributed by atoms with Crippen LogP contribution in [0.15, 0.2) is 84.5 Å². The zero-order valence-electron chi connectivity index (χ0n) is 19.5. The Hall–Kier alpha value is -3.91. The highest BCUT2D eigenvalue weighted by Gasteiger charge is 2.17. The van der Waals surface area contributed by atoms with Gasteiger partial charge in [0.15, 0.2) is 5.16 Å². The van der Waals surface area contributed by atoms with Gasteiger partial charge in [-0.25, -0.2) is 0 Å². The Kier molecular flexibility index (Phi) is 7.95. The summed E-state index contributed by atoms with van der Waals surface area (Å²) in [6.45, 7) is 6.29. The Morgan fingerprint density at radius 2 is 1.74 bits per heavy atom. The highest BCUT2D eigenvalue weighted by atomic mass is 32.2. The number of aromatic nitrogens is 3. The van der Waals surface area contributed by atoms with Gasteiger partial charge in [0.25, 0.3) is 0 Å². The lowest BCUT2D eigenvalue weighted by molar-refractivity contribution is -0.116. The molecule has 0 saturated heterocycles. The number of carbonyl (C=O) groups is 2. The summed E-state index contributed by atoms with van der Waals surface area (Å²) >= 11 is 1.27. The topological polar surface area (TPSA) is 88.9 Å². The van der Waals surface area contributed by atoms with E-state index in [9.17, 15) is 9.59 Å². The number of thioether (sulfide) groups is 1. The number of carbonyl (C=O) groups excluding carboxylic acids is 2. The number of amides is 2. The third-order valence-corrected chi connectivity index (χ3v) is 6.43. The average Bonchev–Trinajstić information content (AvgIpc) is 3.24. The summed E-state index contributed by atoms with van der Waals surface area (Å²) in [4.78, 5) is 25.3. The number of hydrogen-bond acceptors (Lipinski definition) is 5. The predicted octanol–water partition coefficient (Wildman–Crippen LogP) is 5.09. The highest BCUT2D eigenvalue weighted by molar-refractivity contribution is 7.99. The summed E-state index contributed by atoms with van der Waals surface area (Å²) in [5.74, 6) is 0.370. The monoisotopic (exact) mass is 485 g/mol. The first-order valence-corrected chi connectivity index (χ1v) is 12.4. The van der Waals surface area contributed by atoms with Gasteiger partial charge in [-0.15, -0.1) is 16.8 Å². The maximum absolute atomic E-state index is 12.7. The number of rotatable bonds is 10. The number of allylic oxidation sites excluding steroid dienone is 1. The first-order valence-electron chi connectivity index (χ1n) is 11.4. The van der Waals surface area contributed by atoms with Crippen molar-refractivity contribution in [2.75, 3.05) is 16.4 Å². The number of fused-ring (bicyclic) bond motifs is 1. The summed E-state index contributed by atoms with van der Waals surface area (Å²) in [5.41, 5.74) is 2.61. The first-order chi connectivity index (χ1) is 17.1. The van der Waals surface area contributed by atoms with E-state index >= 15 is 0 Å². The number of aryl methyl sites for hydroxylation is 1. The van der Waals surface area contributed by atoms with Gasteiger partial charge in [0.05, 0.1) is 12.2 Å². The minimum Gasteiger partial charge on any atom is -0.325 e. The highest BCUT2D eigenvalue weighted by Crippen LogP contribution is 2.21. The van der Waals surface area contributed by atoms with Gasteiger partial charge >= 0.3 is 0 Å². The predicted molar refractivity (Wildman–Crippen MR) is 142 cm³/mol. The van der Waals surface area contributed by atoms with Crippen molar-refractivity contribution in [2.24, 2.45) is 0 Å². The molecular weight excluding hydrogens is 458 g/mol. The fourth-order valence-corrected chi connectivity index (χ4v) is 4.52. The lowest BCUT2D eigenvalue weighted by Crippen LogP contribution is -2.19. The van der Waals surface area contributed by atoms with Gasteiger partial charge in [-0.3, -0.25) is 9.59 Å². The molecular formula is C27H27N5O2S. The third kappa shape index (κ3) is 6.16. The van der Waals surface area contributed by atoms with Crippen molar-refractivity contribution in [1.29, 1.82) is 0 Å². The molecule has 0 saturated carbocycles. The lowest BCUT2D eigenvalue weighted by atomic mass is 10.1. The van der Waals surface area contributed by atoms with Crippen LogP contribution in [0.2, 0.25) is 0 Å². The van der Waals surface area contributed by atoms with E-state index in [0.717, 1.165) is 34.1 Å². The van der Waals surface area contributed by atoms with Gasteiger partial charge in [0.1, 0.15) is 5.82 Å². The van der Waals surface area contributed by atoms with Crippen molar-refractivity contribution in [1.82, 2.24) is 14.8 Å². The molecule has 0 unspecified atom stereocenters. The van der Waals surface area contributed by atoms with Crippen LogP contribution < -0.4 is 10.6 Å². The Morgan fingerprint density at radius 1 is 0.971 bits per heavy atom. The number of benzene rings is 3. The van der Waals surface area contributed by atoms with E-state index in [-0.39, 0.29) is 24.0 Å². The standard InChI is InChI=1S/C27H27N5O2S/c1-3-15-32-24(17-25(33)29-23-12-8-7-9-19(23)4-2)30-31-27(32)35-18-26(34)28-22-14-13-20-10-5-6-11-21(20)16-22/h3,5-14,16H,1,4,15,17-18H2,2H3,(H,28,34)(H,29,33). The van der Waals surface area contributed by atoms with Gasteiger partial charge in [0, 0.05) is 17.9 Å². The molecule has 0 aliphatic heterocycles. The van der Waals surface area contributed by atoms with Crippen LogP contribution in [0.3, 0.4) is 0 Å². The summed E-state index contributed by atoms with van der Waals surface area (Å²) < 4.78 is 1.81. The summed E-state index contributed by atoms with van der Waals surface area (Å²) in [5, 5.41) is 17.1. The Bertz CT molecular complexity index is 1360. The number of anilines is 2. The van der Waals surface area contributed by atoms with Crippen molar-refractivity contribution < 1.29 is 9.59 Å². The normalized spacial score (nSPS) is 10.8. The molecule has 3 aromatic carbocycles. The second-order valence-electron chi connectivity index (χ2n) is 7.93. The molecule has 4 aromatic rings. The molecule has 8 heteroatoms. The molecule has 35 heavy (non-hydrogen) atoms. The molecule has 178 valence electrons. The summed E-state index contributed by atoms with van der Waals surface area (Å²) in [7, 11) is 0. The van der Waals surface area contributed by atoms with E-state index in [1.165, 1.54) is 11.8 Å². The van der Waals surface area contributed by atoms with Crippen molar-refractivity contribution in [3.05, 3.63) is 90.8 Å². The fourth-order valence-electron chi connectivity index (χ4n) is 3.75. The molecule has 0 bridgehead atoms. The average molecular weight is 486 g/mol. The maximum Gasteiger partial charge on any atom is 0.234 e. The molecule has 0 radical (unpaired) electrons. The smallest absolute Gasteiger partial charge is 0.234 e. The van der Waals surface area contributed by atoms with E-state index in [0.29, 0.717) is 17.5 Å². The fraction of sp³-hybridized carbons (Fsp3) is 0.185. The van der Waals surface area contributed by atoms with Crippen LogP contribution >= 0.6 is 11.8 Å². The Labute approximate surface area is 208 Å². The number of nitrogens with one attached hydrogen (secondary N) is 2. The van der Waals surface area contributed by atoms with Crippen LogP contribution in [-0.4, -0.2) is 32.3 Å². The zero-order chi connectivity index (χ0) is 24.6. The third-order valence-electron chi connectivity index (χ3n) is 5.46. The molecule has 0 aliphatic rings. The maximum atomic E-state index is 12.7. The summed E-state index contributed by atoms with van der Waals surface area (Å²) in [6.07, 6.45) is 2.62. The summed E-state index contributed by atoms with van der Waals surface area (Å²) in [6, 6.07) is 21.5. The number of para-hydroxylation sites is 1. The van der Waals surface area contributed by atoms with E-state index in [2.05, 4.69) is 27.4 Å². The van der Waals surface area contributed by atoms with Crippen molar-refractivity contribution in [2.45, 2.75) is 31.5 Å². The largest absolute Gasteiger partial charge is 0.325 e. The second kappa shape index (κ2) is 11.5. The molecule has 0 spiro atoms. The number of nitrogens with zero attached hydrogens (tertiary/aromatic N) is 3. The quantitative estimate of drug-likeness (QED) is 0.241. The van der Waals surface area contributed by atoms with Gasteiger partial charge in [-0.05, 0) is 41.0 Å². The molecule has 4 rings (SSSR count). The molecule has 1 aromatic heterocycles. The van der Waals surface area contributed by atoms with E-state index in [1.807, 2.05) is 78.2 Å². The first kappa shape index (κ1) is 24.2. The molecule has 1 heterocycles. The van der Waals surface area contributed by atoms with Crippen molar-refractivity contribution in [3.8, 4) is 0 Å². The van der Waals surface area contributed by atoms with Gasteiger partial charge in [-0.1, -0.05) is 73.3 Å². The van der Waals surface area contributed by atoms with Crippen LogP contribution in [0.25, 0.3) is 10.8 Å².